The molecule has 0 bridgehead atoms. The maximum Gasteiger partial charge on any atom is 0.326 e. The molecular weight excluding hydrogens is 460 g/mol. The molecule has 150 valence electrons. The van der Waals surface area contributed by atoms with Gasteiger partial charge >= 0.3 is 5.97 Å². The van der Waals surface area contributed by atoms with E-state index in [1.165, 1.54) is 11.3 Å². The first-order chi connectivity index (χ1) is 14.0. The van der Waals surface area contributed by atoms with Crippen LogP contribution >= 0.6 is 27.3 Å². The average Bonchev–Trinajstić information content (AvgIpc) is 3.03. The molecule has 0 radical (unpaired) electrons. The molecule has 0 spiro atoms. The number of hydrogen-bond acceptors (Lipinski definition) is 6. The molecule has 0 unspecified atom stereocenters. The number of rotatable bonds is 4. The van der Waals surface area contributed by atoms with Gasteiger partial charge in [-0.25, -0.2) is 0 Å². The van der Waals surface area contributed by atoms with Gasteiger partial charge in [-0.15, -0.1) is 0 Å². The van der Waals surface area contributed by atoms with Gasteiger partial charge in [0.05, 0.1) is 16.8 Å². The second-order valence-corrected chi connectivity index (χ2v) is 8.09. The molecule has 4 rings (SSSR count). The summed E-state index contributed by atoms with van der Waals surface area (Å²) in [5.74, 6) is 0.322. The second kappa shape index (κ2) is 8.38. The van der Waals surface area contributed by atoms with Crippen LogP contribution in [0.3, 0.4) is 0 Å². The lowest BCUT2D eigenvalue weighted by atomic mass is 10.2. The number of fused-ring (bicyclic) bond motifs is 2. The number of carbonyl (C=O) groups excluding carboxylic acids is 2. The number of benzene rings is 2. The van der Waals surface area contributed by atoms with Crippen molar-refractivity contribution < 1.29 is 23.8 Å². The third kappa shape index (κ3) is 4.20. The van der Waals surface area contributed by atoms with Crippen LogP contribution in [0.4, 0.5) is 0 Å². The molecule has 0 N–H and O–H groups in total. The SMILES string of the molecule is CCOC(=O)Cn1c(=NC(=O)c2ccc3c(c2)OCCO3)sc2cc(Br)ccc21. The summed E-state index contributed by atoms with van der Waals surface area (Å²) in [4.78, 5) is 29.6. The second-order valence-electron chi connectivity index (χ2n) is 6.16. The molecule has 1 aromatic heterocycles. The van der Waals surface area contributed by atoms with Gasteiger partial charge in [0.15, 0.2) is 16.3 Å². The van der Waals surface area contributed by atoms with Crippen LogP contribution in [0.25, 0.3) is 10.2 Å². The van der Waals surface area contributed by atoms with E-state index in [0.29, 0.717) is 35.1 Å². The molecule has 3 aromatic rings. The van der Waals surface area contributed by atoms with Crippen LogP contribution in [0.2, 0.25) is 0 Å². The van der Waals surface area contributed by atoms with Crippen molar-refractivity contribution in [2.75, 3.05) is 19.8 Å². The topological polar surface area (TPSA) is 79.1 Å². The molecule has 0 saturated heterocycles. The third-order valence-electron chi connectivity index (χ3n) is 4.22. The fraction of sp³-hybridized carbons (Fsp3) is 0.250. The summed E-state index contributed by atoms with van der Waals surface area (Å²) < 4.78 is 19.6. The smallest absolute Gasteiger partial charge is 0.326 e. The maximum atomic E-state index is 12.8. The summed E-state index contributed by atoms with van der Waals surface area (Å²) in [7, 11) is 0. The number of esters is 1. The molecule has 0 aliphatic carbocycles. The molecule has 1 aliphatic heterocycles. The highest BCUT2D eigenvalue weighted by atomic mass is 79.9. The summed E-state index contributed by atoms with van der Waals surface area (Å²) in [6, 6.07) is 10.7. The Labute approximate surface area is 178 Å². The predicted octanol–water partition coefficient (Wildman–Crippen LogP) is 3.54. The van der Waals surface area contributed by atoms with Gasteiger partial charge < -0.3 is 18.8 Å². The Morgan fingerprint density at radius 1 is 1.17 bits per heavy atom. The Balaban J connectivity index is 1.76. The maximum absolute atomic E-state index is 12.8. The summed E-state index contributed by atoms with van der Waals surface area (Å²) in [5, 5.41) is 0. The largest absolute Gasteiger partial charge is 0.486 e. The van der Waals surface area contributed by atoms with Gasteiger partial charge in [0.1, 0.15) is 19.8 Å². The number of ether oxygens (including phenoxy) is 3. The molecule has 7 nitrogen and oxygen atoms in total. The monoisotopic (exact) mass is 476 g/mol. The van der Waals surface area contributed by atoms with Crippen LogP contribution in [0, 0.1) is 0 Å². The van der Waals surface area contributed by atoms with E-state index in [2.05, 4.69) is 20.9 Å². The van der Waals surface area contributed by atoms with Crippen molar-refractivity contribution in [3.05, 3.63) is 51.2 Å². The van der Waals surface area contributed by atoms with Crippen molar-refractivity contribution in [3.63, 3.8) is 0 Å². The van der Waals surface area contributed by atoms with E-state index in [4.69, 9.17) is 14.2 Å². The van der Waals surface area contributed by atoms with E-state index >= 15 is 0 Å². The van der Waals surface area contributed by atoms with E-state index in [1.807, 2.05) is 18.2 Å². The van der Waals surface area contributed by atoms with Crippen molar-refractivity contribution in [1.82, 2.24) is 4.57 Å². The zero-order valence-corrected chi connectivity index (χ0v) is 17.9. The number of halogens is 1. The molecule has 2 aromatic carbocycles. The number of thiazole rings is 1. The summed E-state index contributed by atoms with van der Waals surface area (Å²) in [5.41, 5.74) is 1.19. The minimum Gasteiger partial charge on any atom is -0.486 e. The quantitative estimate of drug-likeness (QED) is 0.538. The Morgan fingerprint density at radius 3 is 2.76 bits per heavy atom. The van der Waals surface area contributed by atoms with Crippen molar-refractivity contribution in [2.24, 2.45) is 4.99 Å². The summed E-state index contributed by atoms with van der Waals surface area (Å²) >= 11 is 4.78. The number of amides is 1. The normalized spacial score (nSPS) is 13.5. The molecule has 2 heterocycles. The van der Waals surface area contributed by atoms with Crippen molar-refractivity contribution in [1.29, 1.82) is 0 Å². The highest BCUT2D eigenvalue weighted by molar-refractivity contribution is 9.10. The molecular formula is C20H17BrN2O5S. The lowest BCUT2D eigenvalue weighted by Crippen LogP contribution is -2.23. The predicted molar refractivity (Wildman–Crippen MR) is 111 cm³/mol. The van der Waals surface area contributed by atoms with Crippen molar-refractivity contribution >= 4 is 49.4 Å². The van der Waals surface area contributed by atoms with Gasteiger partial charge in [0.2, 0.25) is 0 Å². The highest BCUT2D eigenvalue weighted by Gasteiger charge is 2.16. The first-order valence-electron chi connectivity index (χ1n) is 8.98. The van der Waals surface area contributed by atoms with Gasteiger partial charge in [0, 0.05) is 10.0 Å². The van der Waals surface area contributed by atoms with E-state index in [1.54, 1.807) is 29.7 Å². The number of carbonyl (C=O) groups is 2. The van der Waals surface area contributed by atoms with E-state index in [0.717, 1.165) is 14.7 Å². The van der Waals surface area contributed by atoms with Crippen LogP contribution in [0.5, 0.6) is 11.5 Å². The minimum atomic E-state index is -0.426. The summed E-state index contributed by atoms with van der Waals surface area (Å²) in [6.45, 7) is 2.93. The number of aromatic nitrogens is 1. The van der Waals surface area contributed by atoms with Crippen LogP contribution in [0.15, 0.2) is 45.9 Å². The van der Waals surface area contributed by atoms with Gasteiger partial charge in [-0.05, 0) is 43.3 Å². The summed E-state index contributed by atoms with van der Waals surface area (Å²) in [6.07, 6.45) is 0. The number of hydrogen-bond donors (Lipinski definition) is 0. The Hall–Kier alpha value is -2.65. The standard InChI is InChI=1S/C20H17BrN2O5S/c1-2-26-18(24)11-23-14-5-4-13(21)10-17(14)29-20(23)22-19(25)12-3-6-15-16(9-12)28-8-7-27-15/h3-6,9-10H,2,7-8,11H2,1H3. The minimum absolute atomic E-state index is 0.0251. The molecule has 1 amide bonds. The van der Waals surface area contributed by atoms with E-state index in [-0.39, 0.29) is 19.1 Å². The van der Waals surface area contributed by atoms with Crippen LogP contribution in [0.1, 0.15) is 17.3 Å². The molecule has 9 heteroatoms. The molecule has 1 aliphatic rings. The van der Waals surface area contributed by atoms with Crippen molar-refractivity contribution in [3.8, 4) is 11.5 Å². The Morgan fingerprint density at radius 2 is 1.97 bits per heavy atom. The van der Waals surface area contributed by atoms with E-state index < -0.39 is 5.91 Å². The zero-order valence-electron chi connectivity index (χ0n) is 15.5. The number of nitrogens with zero attached hydrogens (tertiary/aromatic N) is 2. The first-order valence-corrected chi connectivity index (χ1v) is 10.6. The van der Waals surface area contributed by atoms with Crippen LogP contribution < -0.4 is 14.3 Å². The van der Waals surface area contributed by atoms with Gasteiger partial charge in [0.25, 0.3) is 5.91 Å². The third-order valence-corrected chi connectivity index (χ3v) is 5.76. The Bertz CT molecular complexity index is 1170. The lowest BCUT2D eigenvalue weighted by molar-refractivity contribution is -0.143. The van der Waals surface area contributed by atoms with Gasteiger partial charge in [-0.3, -0.25) is 9.59 Å². The lowest BCUT2D eigenvalue weighted by Gasteiger charge is -2.18. The molecule has 29 heavy (non-hydrogen) atoms. The van der Waals surface area contributed by atoms with Gasteiger partial charge in [-0.2, -0.15) is 4.99 Å². The molecule has 0 atom stereocenters. The average molecular weight is 477 g/mol. The highest BCUT2D eigenvalue weighted by Crippen LogP contribution is 2.31. The first kappa shape index (κ1) is 19.7. The van der Waals surface area contributed by atoms with Crippen LogP contribution in [-0.4, -0.2) is 36.3 Å². The fourth-order valence-electron chi connectivity index (χ4n) is 2.95. The molecule has 0 fully saturated rings. The van der Waals surface area contributed by atoms with E-state index in [9.17, 15) is 9.59 Å². The fourth-order valence-corrected chi connectivity index (χ4v) is 4.53. The van der Waals surface area contributed by atoms with Crippen LogP contribution in [-0.2, 0) is 16.1 Å². The van der Waals surface area contributed by atoms with Gasteiger partial charge in [-0.1, -0.05) is 27.3 Å². The molecule has 0 saturated carbocycles. The zero-order chi connectivity index (χ0) is 20.4. The van der Waals surface area contributed by atoms with Crippen molar-refractivity contribution in [2.45, 2.75) is 13.5 Å². The Kier molecular flexibility index (Phi) is 5.68.